The molecule has 1 unspecified atom stereocenters. The Hall–Kier alpha value is -1.99. The number of amides is 1. The van der Waals surface area contributed by atoms with Gasteiger partial charge in [0, 0.05) is 50.1 Å². The van der Waals surface area contributed by atoms with Crippen molar-refractivity contribution in [3.63, 3.8) is 0 Å². The molecule has 1 spiro atoms. The fourth-order valence-corrected chi connectivity index (χ4v) is 5.20. The molecule has 2 aliphatic carbocycles. The lowest BCUT2D eigenvalue weighted by molar-refractivity contribution is -0.588. The van der Waals surface area contributed by atoms with Gasteiger partial charge in [-0.25, -0.2) is 14.1 Å². The van der Waals surface area contributed by atoms with Crippen LogP contribution in [0.25, 0.3) is 0 Å². The van der Waals surface area contributed by atoms with Gasteiger partial charge in [0.05, 0.1) is 12.6 Å². The summed E-state index contributed by atoms with van der Waals surface area (Å²) >= 11 is 0. The molecule has 4 aliphatic rings. The van der Waals surface area contributed by atoms with Gasteiger partial charge in [-0.15, -0.1) is 5.10 Å². The molecule has 3 fully saturated rings. The van der Waals surface area contributed by atoms with Gasteiger partial charge in [0.25, 0.3) is 0 Å². The van der Waals surface area contributed by atoms with Crippen LogP contribution in [0.15, 0.2) is 0 Å². The molecule has 8 nitrogen and oxygen atoms in total. The number of carbonyl (C=O) groups is 1. The standard InChI is InChI=1S/C19H29N6O2/c1-2-27-18(26)24-10-7-19(13-24)11-16(12-19)23-8-5-14(6-9-23)17-20-21-22-25(17)15-3-4-15/h8,14-16H,2-7,9-13H2,1H3/q+1. The number of hydrogen-bond donors (Lipinski definition) is 0. The third-order valence-electron chi connectivity index (χ3n) is 6.91. The van der Waals surface area contributed by atoms with Crippen LogP contribution in [0.2, 0.25) is 0 Å². The summed E-state index contributed by atoms with van der Waals surface area (Å²) in [4.78, 5) is 13.8. The normalized spacial score (nSPS) is 33.1. The zero-order valence-corrected chi connectivity index (χ0v) is 16.1. The van der Waals surface area contributed by atoms with Crippen molar-refractivity contribution in [3.8, 4) is 0 Å². The smallest absolute Gasteiger partial charge is 0.409 e. The van der Waals surface area contributed by atoms with Crippen molar-refractivity contribution in [2.45, 2.75) is 69.9 Å². The summed E-state index contributed by atoms with van der Waals surface area (Å²) in [5.41, 5.74) is 0.332. The molecule has 0 aromatic carbocycles. The summed E-state index contributed by atoms with van der Waals surface area (Å²) in [6, 6.07) is 1.18. The Kier molecular flexibility index (Phi) is 4.16. The number of carbonyl (C=O) groups excluding carboxylic acids is 1. The van der Waals surface area contributed by atoms with Crippen LogP contribution < -0.4 is 0 Å². The molecule has 1 atom stereocenters. The first kappa shape index (κ1) is 17.1. The minimum Gasteiger partial charge on any atom is -0.450 e. The number of tetrazole rings is 1. The van der Waals surface area contributed by atoms with E-state index in [1.165, 1.54) is 25.7 Å². The molecule has 0 bridgehead atoms. The van der Waals surface area contributed by atoms with Gasteiger partial charge in [-0.2, -0.15) is 0 Å². The predicted octanol–water partition coefficient (Wildman–Crippen LogP) is 1.98. The molecule has 146 valence electrons. The van der Waals surface area contributed by atoms with Crippen molar-refractivity contribution in [2.24, 2.45) is 5.41 Å². The molecule has 5 rings (SSSR count). The van der Waals surface area contributed by atoms with Gasteiger partial charge in [0.1, 0.15) is 12.8 Å². The van der Waals surface area contributed by atoms with Gasteiger partial charge >= 0.3 is 6.09 Å². The van der Waals surface area contributed by atoms with Crippen LogP contribution in [-0.4, -0.2) is 74.3 Å². The summed E-state index contributed by atoms with van der Waals surface area (Å²) in [7, 11) is 0. The van der Waals surface area contributed by atoms with Crippen LogP contribution in [-0.2, 0) is 4.74 Å². The van der Waals surface area contributed by atoms with Gasteiger partial charge in [-0.05, 0) is 36.6 Å². The first-order valence-electron chi connectivity index (χ1n) is 10.5. The van der Waals surface area contributed by atoms with E-state index in [0.29, 0.717) is 30.0 Å². The molecule has 1 aromatic rings. The first-order valence-corrected chi connectivity index (χ1v) is 10.5. The quantitative estimate of drug-likeness (QED) is 0.755. The van der Waals surface area contributed by atoms with E-state index in [9.17, 15) is 4.79 Å². The maximum atomic E-state index is 12.0. The summed E-state index contributed by atoms with van der Waals surface area (Å²) in [6.45, 7) is 5.13. The maximum absolute atomic E-state index is 12.0. The second-order valence-electron chi connectivity index (χ2n) is 8.79. The first-order chi connectivity index (χ1) is 13.2. The lowest BCUT2D eigenvalue weighted by Crippen LogP contribution is -2.50. The lowest BCUT2D eigenvalue weighted by Gasteiger charge is -2.43. The molecular weight excluding hydrogens is 344 g/mol. The van der Waals surface area contributed by atoms with Crippen LogP contribution >= 0.6 is 0 Å². The largest absolute Gasteiger partial charge is 0.450 e. The third-order valence-corrected chi connectivity index (χ3v) is 6.91. The number of likely N-dealkylation sites (tertiary alicyclic amines) is 1. The molecule has 1 aromatic heterocycles. The SMILES string of the molecule is CCOC(=O)N1CCC2(CC([N+]3=CCC(c4nnnn4C4CC4)CC3)C2)C1. The van der Waals surface area contributed by atoms with Crippen LogP contribution in [0.3, 0.4) is 0 Å². The molecule has 1 saturated heterocycles. The van der Waals surface area contributed by atoms with Crippen molar-refractivity contribution in [1.82, 2.24) is 25.1 Å². The molecular formula is C19H29N6O2+. The summed E-state index contributed by atoms with van der Waals surface area (Å²) in [5, 5.41) is 12.4. The Labute approximate surface area is 159 Å². The number of rotatable bonds is 4. The number of nitrogens with zero attached hydrogens (tertiary/aromatic N) is 6. The van der Waals surface area contributed by atoms with Gasteiger partial charge in [0.15, 0.2) is 11.9 Å². The third kappa shape index (κ3) is 3.12. The Balaban J connectivity index is 1.16. The molecule has 1 amide bonds. The number of aromatic nitrogens is 4. The van der Waals surface area contributed by atoms with Crippen molar-refractivity contribution in [2.75, 3.05) is 26.2 Å². The van der Waals surface area contributed by atoms with E-state index in [4.69, 9.17) is 4.74 Å². The molecule has 27 heavy (non-hydrogen) atoms. The molecule has 0 radical (unpaired) electrons. The molecule has 8 heteroatoms. The summed E-state index contributed by atoms with van der Waals surface area (Å²) in [6.07, 6.45) is 10.4. The summed E-state index contributed by atoms with van der Waals surface area (Å²) in [5.74, 6) is 1.54. The second-order valence-corrected chi connectivity index (χ2v) is 8.79. The average molecular weight is 373 g/mol. The monoisotopic (exact) mass is 373 g/mol. The van der Waals surface area contributed by atoms with Crippen molar-refractivity contribution in [3.05, 3.63) is 5.82 Å². The lowest BCUT2D eigenvalue weighted by atomic mass is 9.64. The van der Waals surface area contributed by atoms with Crippen LogP contribution in [0.4, 0.5) is 4.79 Å². The van der Waals surface area contributed by atoms with Crippen LogP contribution in [0.5, 0.6) is 0 Å². The van der Waals surface area contributed by atoms with Crippen molar-refractivity contribution >= 4 is 12.3 Å². The van der Waals surface area contributed by atoms with E-state index in [-0.39, 0.29) is 6.09 Å². The second kappa shape index (κ2) is 6.56. The highest BCUT2D eigenvalue weighted by Gasteiger charge is 2.54. The summed E-state index contributed by atoms with van der Waals surface area (Å²) < 4.78 is 9.77. The Morgan fingerprint density at radius 1 is 1.37 bits per heavy atom. The minimum atomic E-state index is -0.140. The van der Waals surface area contributed by atoms with E-state index < -0.39 is 0 Å². The van der Waals surface area contributed by atoms with E-state index in [1.54, 1.807) is 0 Å². The van der Waals surface area contributed by atoms with E-state index in [2.05, 4.69) is 31.0 Å². The molecule has 3 heterocycles. The number of ether oxygens (including phenoxy) is 1. The van der Waals surface area contributed by atoms with Crippen LogP contribution in [0, 0.1) is 5.41 Å². The fraction of sp³-hybridized carbons (Fsp3) is 0.842. The highest BCUT2D eigenvalue weighted by molar-refractivity contribution is 5.68. The van der Waals surface area contributed by atoms with Crippen molar-refractivity contribution in [1.29, 1.82) is 0 Å². The van der Waals surface area contributed by atoms with E-state index >= 15 is 0 Å². The Morgan fingerprint density at radius 2 is 2.22 bits per heavy atom. The topological polar surface area (TPSA) is 76.2 Å². The highest BCUT2D eigenvalue weighted by Crippen LogP contribution is 2.50. The Morgan fingerprint density at radius 3 is 2.93 bits per heavy atom. The van der Waals surface area contributed by atoms with Gasteiger partial charge in [0.2, 0.25) is 0 Å². The maximum Gasteiger partial charge on any atom is 0.409 e. The van der Waals surface area contributed by atoms with Gasteiger partial charge < -0.3 is 9.64 Å². The van der Waals surface area contributed by atoms with Crippen molar-refractivity contribution < 1.29 is 14.1 Å². The van der Waals surface area contributed by atoms with E-state index in [1.807, 2.05) is 11.8 Å². The highest BCUT2D eigenvalue weighted by atomic mass is 16.6. The zero-order chi connectivity index (χ0) is 18.4. The predicted molar refractivity (Wildman–Crippen MR) is 97.9 cm³/mol. The van der Waals surface area contributed by atoms with E-state index in [0.717, 1.165) is 44.7 Å². The minimum absolute atomic E-state index is 0.140. The average Bonchev–Trinajstić information content (AvgIpc) is 3.20. The zero-order valence-electron chi connectivity index (χ0n) is 16.1. The molecule has 0 N–H and O–H groups in total. The number of hydrogen-bond acceptors (Lipinski definition) is 5. The Bertz CT molecular complexity index is 749. The fourth-order valence-electron chi connectivity index (χ4n) is 5.20. The molecule has 2 aliphatic heterocycles. The van der Waals surface area contributed by atoms with Gasteiger partial charge in [-0.3, -0.25) is 0 Å². The van der Waals surface area contributed by atoms with Gasteiger partial charge in [-0.1, -0.05) is 0 Å². The molecule has 2 saturated carbocycles. The van der Waals surface area contributed by atoms with Crippen LogP contribution in [0.1, 0.15) is 69.7 Å².